The highest BCUT2D eigenvalue weighted by Gasteiger charge is 2.22. The molecule has 0 bridgehead atoms. The Bertz CT molecular complexity index is 724. The number of ether oxygens (including phenoxy) is 2. The van der Waals surface area contributed by atoms with Gasteiger partial charge in [0.2, 0.25) is 0 Å². The predicted octanol–water partition coefficient (Wildman–Crippen LogP) is 5.91. The van der Waals surface area contributed by atoms with Crippen LogP contribution < -0.4 is 0 Å². The van der Waals surface area contributed by atoms with Gasteiger partial charge in [-0.3, -0.25) is 0 Å². The van der Waals surface area contributed by atoms with E-state index < -0.39 is 0 Å². The van der Waals surface area contributed by atoms with Crippen molar-refractivity contribution in [3.63, 3.8) is 0 Å². The Balaban J connectivity index is 1.64. The summed E-state index contributed by atoms with van der Waals surface area (Å²) in [4.78, 5) is 22.8. The normalized spacial score (nSPS) is 18.5. The Morgan fingerprint density at radius 1 is 0.867 bits per heavy atom. The molecule has 164 valence electrons. The maximum absolute atomic E-state index is 11.4. The van der Waals surface area contributed by atoms with E-state index >= 15 is 0 Å². The van der Waals surface area contributed by atoms with E-state index in [0.717, 1.165) is 31.6 Å². The molecule has 1 aliphatic carbocycles. The maximum atomic E-state index is 11.4. The van der Waals surface area contributed by atoms with Crippen LogP contribution in [0.25, 0.3) is 0 Å². The van der Waals surface area contributed by atoms with Crippen LogP contribution in [0.2, 0.25) is 0 Å². The second-order valence-corrected chi connectivity index (χ2v) is 8.54. The zero-order valence-electron chi connectivity index (χ0n) is 18.6. The number of aryl methyl sites for hydroxylation is 1. The molecule has 1 aliphatic rings. The number of carbonyl (C=O) groups is 2. The molecule has 0 heterocycles. The Hall–Kier alpha value is -2.36. The van der Waals surface area contributed by atoms with Gasteiger partial charge >= 0.3 is 11.9 Å². The molecule has 0 saturated heterocycles. The first-order valence-electron chi connectivity index (χ1n) is 11.1. The summed E-state index contributed by atoms with van der Waals surface area (Å²) in [7, 11) is 0. The summed E-state index contributed by atoms with van der Waals surface area (Å²) in [5, 5.41) is 0. The molecule has 30 heavy (non-hydrogen) atoms. The smallest absolute Gasteiger partial charge is 0.333 e. The molecular weight excluding hydrogens is 376 g/mol. The van der Waals surface area contributed by atoms with Gasteiger partial charge in [-0.1, -0.05) is 37.4 Å². The van der Waals surface area contributed by atoms with E-state index in [4.69, 9.17) is 9.47 Å². The lowest BCUT2D eigenvalue weighted by Crippen LogP contribution is -2.14. The highest BCUT2D eigenvalue weighted by Crippen LogP contribution is 2.37. The molecule has 0 spiro atoms. The number of rotatable bonds is 11. The molecule has 1 aromatic rings. The highest BCUT2D eigenvalue weighted by atomic mass is 16.5. The van der Waals surface area contributed by atoms with Crippen LogP contribution in [0, 0.1) is 5.92 Å². The van der Waals surface area contributed by atoms with E-state index in [1.807, 2.05) is 0 Å². The van der Waals surface area contributed by atoms with Crippen molar-refractivity contribution >= 4 is 11.9 Å². The van der Waals surface area contributed by atoms with Crippen LogP contribution in [0.3, 0.4) is 0 Å². The number of benzene rings is 1. The lowest BCUT2D eigenvalue weighted by atomic mass is 9.77. The van der Waals surface area contributed by atoms with Gasteiger partial charge in [-0.25, -0.2) is 9.59 Å². The third kappa shape index (κ3) is 8.17. The molecule has 0 radical (unpaired) electrons. The van der Waals surface area contributed by atoms with Gasteiger partial charge in [0.05, 0.1) is 13.2 Å². The van der Waals surface area contributed by atoms with Crippen molar-refractivity contribution in [2.75, 3.05) is 13.2 Å². The minimum absolute atomic E-state index is 0.282. The SMILES string of the molecule is C=C(C)C(=O)OCCCc1ccc(C2CCC(CCCOC(=O)C(=C)C)CC2)cc1. The second kappa shape index (κ2) is 12.4. The summed E-state index contributed by atoms with van der Waals surface area (Å²) in [6, 6.07) is 8.93. The molecule has 0 aromatic heterocycles. The molecule has 0 amide bonds. The molecule has 4 nitrogen and oxygen atoms in total. The molecule has 1 aromatic carbocycles. The van der Waals surface area contributed by atoms with Crippen molar-refractivity contribution in [2.45, 2.75) is 71.1 Å². The summed E-state index contributed by atoms with van der Waals surface area (Å²) < 4.78 is 10.3. The maximum Gasteiger partial charge on any atom is 0.333 e. The summed E-state index contributed by atoms with van der Waals surface area (Å²) in [5.41, 5.74) is 3.62. The summed E-state index contributed by atoms with van der Waals surface area (Å²) in [6.45, 7) is 11.5. The summed E-state index contributed by atoms with van der Waals surface area (Å²) in [5.74, 6) is 0.794. The molecule has 2 rings (SSSR count). The van der Waals surface area contributed by atoms with Crippen LogP contribution in [-0.4, -0.2) is 25.2 Å². The zero-order valence-corrected chi connectivity index (χ0v) is 18.6. The minimum Gasteiger partial charge on any atom is -0.462 e. The van der Waals surface area contributed by atoms with E-state index in [9.17, 15) is 9.59 Å². The number of hydrogen-bond donors (Lipinski definition) is 0. The lowest BCUT2D eigenvalue weighted by Gasteiger charge is -2.29. The fourth-order valence-corrected chi connectivity index (χ4v) is 3.97. The number of esters is 2. The molecule has 4 heteroatoms. The fraction of sp³-hybridized carbons (Fsp3) is 0.538. The fourth-order valence-electron chi connectivity index (χ4n) is 3.97. The monoisotopic (exact) mass is 412 g/mol. The third-order valence-electron chi connectivity index (χ3n) is 5.83. The van der Waals surface area contributed by atoms with Crippen molar-refractivity contribution < 1.29 is 19.1 Å². The predicted molar refractivity (Wildman–Crippen MR) is 120 cm³/mol. The van der Waals surface area contributed by atoms with Crippen molar-refractivity contribution in [3.05, 3.63) is 59.7 Å². The van der Waals surface area contributed by atoms with Gasteiger partial charge in [0.15, 0.2) is 0 Å². The molecule has 0 unspecified atom stereocenters. The average Bonchev–Trinajstić information content (AvgIpc) is 2.74. The number of hydrogen-bond acceptors (Lipinski definition) is 4. The van der Waals surface area contributed by atoms with E-state index in [1.54, 1.807) is 13.8 Å². The molecule has 0 aliphatic heterocycles. The minimum atomic E-state index is -0.311. The Kier molecular flexibility index (Phi) is 9.85. The van der Waals surface area contributed by atoms with Gasteiger partial charge in [0.25, 0.3) is 0 Å². The van der Waals surface area contributed by atoms with Crippen molar-refractivity contribution in [3.8, 4) is 0 Å². The molecule has 0 atom stereocenters. The van der Waals surface area contributed by atoms with Gasteiger partial charge in [-0.15, -0.1) is 0 Å². The molecule has 1 fully saturated rings. The van der Waals surface area contributed by atoms with Crippen molar-refractivity contribution in [1.82, 2.24) is 0 Å². The van der Waals surface area contributed by atoms with Crippen molar-refractivity contribution in [1.29, 1.82) is 0 Å². The number of carbonyl (C=O) groups excluding carboxylic acids is 2. The quantitative estimate of drug-likeness (QED) is 0.257. The third-order valence-corrected chi connectivity index (χ3v) is 5.83. The van der Waals surface area contributed by atoms with Crippen molar-refractivity contribution in [2.24, 2.45) is 5.92 Å². The van der Waals surface area contributed by atoms with Gasteiger partial charge in [-0.05, 0) is 88.2 Å². The van der Waals surface area contributed by atoms with E-state index in [1.165, 1.54) is 36.8 Å². The van der Waals surface area contributed by atoms with Crippen LogP contribution in [0.1, 0.15) is 75.8 Å². The molecule has 1 saturated carbocycles. The van der Waals surface area contributed by atoms with Gasteiger partial charge < -0.3 is 9.47 Å². The van der Waals surface area contributed by atoms with Gasteiger partial charge in [-0.2, -0.15) is 0 Å². The Morgan fingerprint density at radius 2 is 1.40 bits per heavy atom. The van der Waals surface area contributed by atoms with Crippen LogP contribution in [0.4, 0.5) is 0 Å². The standard InChI is InChI=1S/C26H36O4/c1-19(2)25(27)29-17-5-7-21-9-13-23(14-10-21)24-15-11-22(12-16-24)8-6-18-30-26(28)20(3)4/h9-10,13-14,22,24H,1,3,5-8,11-12,15-18H2,2,4H3. The van der Waals surface area contributed by atoms with Gasteiger partial charge in [0.1, 0.15) is 0 Å². The Morgan fingerprint density at radius 3 is 1.93 bits per heavy atom. The lowest BCUT2D eigenvalue weighted by molar-refractivity contribution is -0.139. The van der Waals surface area contributed by atoms with Crippen LogP contribution >= 0.6 is 0 Å². The van der Waals surface area contributed by atoms with Crippen LogP contribution in [0.5, 0.6) is 0 Å². The van der Waals surface area contributed by atoms with E-state index in [-0.39, 0.29) is 11.9 Å². The highest BCUT2D eigenvalue weighted by molar-refractivity contribution is 5.87. The molecular formula is C26H36O4. The molecule has 0 N–H and O–H groups in total. The average molecular weight is 413 g/mol. The Labute approximate surface area is 181 Å². The zero-order chi connectivity index (χ0) is 21.9. The van der Waals surface area contributed by atoms with E-state index in [0.29, 0.717) is 30.3 Å². The van der Waals surface area contributed by atoms with E-state index in [2.05, 4.69) is 37.4 Å². The first kappa shape index (κ1) is 23.9. The van der Waals surface area contributed by atoms with Crippen LogP contribution in [-0.2, 0) is 25.5 Å². The largest absolute Gasteiger partial charge is 0.462 e. The summed E-state index contributed by atoms with van der Waals surface area (Å²) >= 11 is 0. The first-order chi connectivity index (χ1) is 14.4. The topological polar surface area (TPSA) is 52.6 Å². The second-order valence-electron chi connectivity index (χ2n) is 8.54. The van der Waals surface area contributed by atoms with Crippen LogP contribution in [0.15, 0.2) is 48.6 Å². The van der Waals surface area contributed by atoms with Gasteiger partial charge in [0, 0.05) is 11.1 Å². The summed E-state index contributed by atoms with van der Waals surface area (Å²) in [6.07, 6.45) is 8.75. The first-order valence-corrected chi connectivity index (χ1v) is 11.1.